The molecule has 28 heavy (non-hydrogen) atoms. The molecule has 0 saturated heterocycles. The number of hydrogen-bond donors (Lipinski definition) is 2. The molecule has 0 aliphatic rings. The van der Waals surface area contributed by atoms with Gasteiger partial charge in [-0.05, 0) is 54.7 Å². The molecule has 0 heterocycles. The summed E-state index contributed by atoms with van der Waals surface area (Å²) in [7, 11) is -3.66. The second-order valence-corrected chi connectivity index (χ2v) is 8.91. The van der Waals surface area contributed by atoms with Crippen LogP contribution in [0.25, 0.3) is 0 Å². The molecule has 2 aromatic carbocycles. The van der Waals surface area contributed by atoms with Crippen molar-refractivity contribution in [2.24, 2.45) is 0 Å². The Bertz CT molecular complexity index is 864. The second kappa shape index (κ2) is 10.6. The highest BCUT2D eigenvalue weighted by Gasteiger charge is 2.21. The third kappa shape index (κ3) is 6.93. The maximum absolute atomic E-state index is 12.8. The summed E-state index contributed by atoms with van der Waals surface area (Å²) < 4.78 is 28.3. The number of carbonyl (C=O) groups is 1. The molecule has 2 aromatic rings. The van der Waals surface area contributed by atoms with Crippen LogP contribution < -0.4 is 4.72 Å². The molecule has 2 rings (SSSR count). The minimum atomic E-state index is -3.66. The predicted molar refractivity (Wildman–Crippen MR) is 111 cm³/mol. The summed E-state index contributed by atoms with van der Waals surface area (Å²) >= 11 is 5.85. The van der Waals surface area contributed by atoms with Crippen LogP contribution in [-0.4, -0.2) is 19.5 Å². The van der Waals surface area contributed by atoms with E-state index >= 15 is 0 Å². The smallest absolute Gasteiger partial charge is 0.303 e. The van der Waals surface area contributed by atoms with Crippen LogP contribution in [0.15, 0.2) is 53.4 Å². The molecule has 0 saturated carbocycles. The molecule has 7 heteroatoms. The van der Waals surface area contributed by atoms with Crippen LogP contribution in [0.5, 0.6) is 0 Å². The van der Waals surface area contributed by atoms with Crippen molar-refractivity contribution < 1.29 is 18.3 Å². The van der Waals surface area contributed by atoms with Gasteiger partial charge >= 0.3 is 5.97 Å². The summed E-state index contributed by atoms with van der Waals surface area (Å²) in [6, 6.07) is 13.5. The fourth-order valence-electron chi connectivity index (χ4n) is 2.93. The van der Waals surface area contributed by atoms with Crippen molar-refractivity contribution in [2.75, 3.05) is 0 Å². The van der Waals surface area contributed by atoms with Crippen LogP contribution in [0.4, 0.5) is 0 Å². The fourth-order valence-corrected chi connectivity index (χ4v) is 4.32. The number of aliphatic carboxylic acids is 1. The summed E-state index contributed by atoms with van der Waals surface area (Å²) in [5.74, 6) is -0.798. The Kier molecular flexibility index (Phi) is 8.48. The average molecular weight is 424 g/mol. The number of aryl methyl sites for hydroxylation is 1. The summed E-state index contributed by atoms with van der Waals surface area (Å²) in [6.07, 6.45) is 3.96. The first-order valence-electron chi connectivity index (χ1n) is 9.40. The molecule has 1 atom stereocenters. The molecule has 1 unspecified atom stereocenters. The van der Waals surface area contributed by atoms with E-state index in [-0.39, 0.29) is 17.4 Å². The van der Waals surface area contributed by atoms with Gasteiger partial charge in [-0.3, -0.25) is 4.79 Å². The molecule has 0 amide bonds. The zero-order chi connectivity index (χ0) is 20.6. The van der Waals surface area contributed by atoms with Crippen molar-refractivity contribution >= 4 is 27.6 Å². The van der Waals surface area contributed by atoms with E-state index in [0.29, 0.717) is 24.3 Å². The second-order valence-electron chi connectivity index (χ2n) is 6.76. The van der Waals surface area contributed by atoms with Crippen molar-refractivity contribution in [3.8, 4) is 0 Å². The van der Waals surface area contributed by atoms with E-state index in [4.69, 9.17) is 16.7 Å². The highest BCUT2D eigenvalue weighted by molar-refractivity contribution is 7.89. The molecule has 152 valence electrons. The van der Waals surface area contributed by atoms with Crippen molar-refractivity contribution in [1.29, 1.82) is 0 Å². The number of hydrogen-bond acceptors (Lipinski definition) is 3. The molecule has 5 nitrogen and oxygen atoms in total. The zero-order valence-corrected chi connectivity index (χ0v) is 17.5. The molecule has 0 radical (unpaired) electrons. The first kappa shape index (κ1) is 22.4. The Morgan fingerprint density at radius 3 is 2.29 bits per heavy atom. The normalized spacial score (nSPS) is 12.6. The van der Waals surface area contributed by atoms with E-state index in [0.717, 1.165) is 24.0 Å². The highest BCUT2D eigenvalue weighted by atomic mass is 35.5. The van der Waals surface area contributed by atoms with Crippen LogP contribution in [0.2, 0.25) is 5.02 Å². The lowest BCUT2D eigenvalue weighted by Gasteiger charge is -2.19. The van der Waals surface area contributed by atoms with Crippen LogP contribution in [-0.2, 0) is 21.2 Å². The minimum absolute atomic E-state index is 0.141. The van der Waals surface area contributed by atoms with Crippen LogP contribution in [0.1, 0.15) is 56.2 Å². The lowest BCUT2D eigenvalue weighted by molar-refractivity contribution is -0.137. The molecule has 2 N–H and O–H groups in total. The molecule has 0 bridgehead atoms. The van der Waals surface area contributed by atoms with Crippen LogP contribution in [0.3, 0.4) is 0 Å². The molecule has 0 aromatic heterocycles. The predicted octanol–water partition coefficient (Wildman–Crippen LogP) is 4.96. The molecular formula is C21H26ClNO4S. The molecule has 0 aliphatic heterocycles. The number of carboxylic acid groups (broad SMARTS) is 1. The Hall–Kier alpha value is -1.89. The van der Waals surface area contributed by atoms with E-state index in [9.17, 15) is 13.2 Å². The van der Waals surface area contributed by atoms with Crippen molar-refractivity contribution in [2.45, 2.75) is 56.4 Å². The third-order valence-corrected chi connectivity index (χ3v) is 6.25. The van der Waals surface area contributed by atoms with Gasteiger partial charge in [0.05, 0.1) is 4.90 Å². The van der Waals surface area contributed by atoms with Crippen molar-refractivity contribution in [3.05, 3.63) is 64.7 Å². The van der Waals surface area contributed by atoms with Crippen molar-refractivity contribution in [3.63, 3.8) is 0 Å². The molecule has 0 spiro atoms. The maximum Gasteiger partial charge on any atom is 0.303 e. The summed E-state index contributed by atoms with van der Waals surface area (Å²) in [5, 5.41) is 9.22. The van der Waals surface area contributed by atoms with E-state index in [1.165, 1.54) is 12.1 Å². The van der Waals surface area contributed by atoms with Gasteiger partial charge in [0.2, 0.25) is 10.0 Å². The van der Waals surface area contributed by atoms with Gasteiger partial charge in [0.15, 0.2) is 0 Å². The Morgan fingerprint density at radius 1 is 1.07 bits per heavy atom. The van der Waals surface area contributed by atoms with E-state index in [2.05, 4.69) is 11.6 Å². The van der Waals surface area contributed by atoms with Gasteiger partial charge in [-0.15, -0.1) is 0 Å². The van der Waals surface area contributed by atoms with Gasteiger partial charge in [-0.1, -0.05) is 55.6 Å². The lowest BCUT2D eigenvalue weighted by atomic mass is 9.99. The zero-order valence-electron chi connectivity index (χ0n) is 15.9. The van der Waals surface area contributed by atoms with E-state index in [1.807, 2.05) is 24.3 Å². The lowest BCUT2D eigenvalue weighted by Crippen LogP contribution is -2.28. The van der Waals surface area contributed by atoms with Gasteiger partial charge < -0.3 is 5.11 Å². The van der Waals surface area contributed by atoms with E-state index < -0.39 is 16.0 Å². The Morgan fingerprint density at radius 2 is 1.71 bits per heavy atom. The number of rotatable bonds is 11. The highest BCUT2D eigenvalue weighted by Crippen LogP contribution is 2.24. The SMILES string of the molecule is CCCCC(NS(=O)(=O)c1ccc(Cl)cc1)c1ccc(CCCC(=O)O)cc1. The quantitative estimate of drug-likeness (QED) is 0.535. The minimum Gasteiger partial charge on any atom is -0.481 e. The number of carboxylic acids is 1. The Labute approximate surface area is 171 Å². The Balaban J connectivity index is 2.14. The number of halogens is 1. The first-order chi connectivity index (χ1) is 13.3. The van der Waals surface area contributed by atoms with Gasteiger partial charge in [0, 0.05) is 17.5 Å². The van der Waals surface area contributed by atoms with Crippen LogP contribution in [0, 0.1) is 0 Å². The number of benzene rings is 2. The maximum atomic E-state index is 12.8. The number of nitrogens with one attached hydrogen (secondary N) is 1. The largest absolute Gasteiger partial charge is 0.481 e. The number of sulfonamides is 1. The monoisotopic (exact) mass is 423 g/mol. The first-order valence-corrected chi connectivity index (χ1v) is 11.3. The van der Waals surface area contributed by atoms with E-state index in [1.54, 1.807) is 12.1 Å². The van der Waals surface area contributed by atoms with Gasteiger partial charge in [0.25, 0.3) is 0 Å². The van der Waals surface area contributed by atoms with Gasteiger partial charge in [0.1, 0.15) is 0 Å². The molecule has 0 fully saturated rings. The number of unbranched alkanes of at least 4 members (excludes halogenated alkanes) is 1. The summed E-state index contributed by atoms with van der Waals surface area (Å²) in [4.78, 5) is 10.8. The topological polar surface area (TPSA) is 83.5 Å². The van der Waals surface area contributed by atoms with Crippen molar-refractivity contribution in [1.82, 2.24) is 4.72 Å². The molecule has 0 aliphatic carbocycles. The third-order valence-electron chi connectivity index (χ3n) is 4.51. The summed E-state index contributed by atoms with van der Waals surface area (Å²) in [6.45, 7) is 2.07. The van der Waals surface area contributed by atoms with Gasteiger partial charge in [-0.25, -0.2) is 13.1 Å². The van der Waals surface area contributed by atoms with Crippen LogP contribution >= 0.6 is 11.6 Å². The summed E-state index contributed by atoms with van der Waals surface area (Å²) in [5.41, 5.74) is 1.94. The standard InChI is InChI=1S/C21H26ClNO4S/c1-2-3-6-20(23-28(26,27)19-14-12-18(22)13-15-19)17-10-8-16(9-11-17)5-4-7-21(24)25/h8-15,20,23H,2-7H2,1H3,(H,24,25). The van der Waals surface area contributed by atoms with Gasteiger partial charge in [-0.2, -0.15) is 0 Å². The average Bonchev–Trinajstić information content (AvgIpc) is 2.66. The fraction of sp³-hybridized carbons (Fsp3) is 0.381. The molecular weight excluding hydrogens is 398 g/mol.